The first kappa shape index (κ1) is 6.37. The van der Waals surface area contributed by atoms with Crippen LogP contribution in [0.25, 0.3) is 0 Å². The fourth-order valence-electron chi connectivity index (χ4n) is 0.0417. The van der Waals surface area contributed by atoms with Gasteiger partial charge in [-0.2, -0.15) is 0 Å². The van der Waals surface area contributed by atoms with E-state index in [-0.39, 0.29) is 17.3 Å². The molecule has 0 aromatic carbocycles. The molecular formula is C3H4OS2-2. The fourth-order valence-corrected chi connectivity index (χ4v) is 0.375. The smallest absolute Gasteiger partial charge is 0.0852 e. The van der Waals surface area contributed by atoms with Crippen LogP contribution < -0.4 is 0 Å². The Kier molecular flexibility index (Phi) is 3.78. The first-order valence-electron chi connectivity index (χ1n) is 1.49. The lowest BCUT2D eigenvalue weighted by Gasteiger charge is -2.02. The molecular weight excluding hydrogens is 116 g/mol. The van der Waals surface area contributed by atoms with Crippen LogP contribution in [0.1, 0.15) is 0 Å². The van der Waals surface area contributed by atoms with E-state index in [1.165, 1.54) is 0 Å². The van der Waals surface area contributed by atoms with Gasteiger partial charge in [-0.25, -0.2) is 0 Å². The van der Waals surface area contributed by atoms with Crippen LogP contribution in [0.3, 0.4) is 0 Å². The third kappa shape index (κ3) is 2.60. The Labute approximate surface area is 47.9 Å². The summed E-state index contributed by atoms with van der Waals surface area (Å²) in [5.74, 6) is 0.312. The van der Waals surface area contributed by atoms with Crippen LogP contribution in [-0.2, 0) is 30.1 Å². The molecule has 0 saturated carbocycles. The van der Waals surface area contributed by atoms with E-state index in [1.54, 1.807) is 0 Å². The lowest BCUT2D eigenvalue weighted by molar-refractivity contribution is -0.114. The molecule has 0 aliphatic carbocycles. The minimum Gasteiger partial charge on any atom is -0.785 e. The van der Waals surface area contributed by atoms with Crippen molar-refractivity contribution in [3.05, 3.63) is 0 Å². The summed E-state index contributed by atoms with van der Waals surface area (Å²) in [6.07, 6.45) is 0. The normalized spacial score (nSPS) is 8.33. The van der Waals surface area contributed by atoms with Gasteiger partial charge in [-0.1, -0.05) is 0 Å². The van der Waals surface area contributed by atoms with Gasteiger partial charge < -0.3 is 30.1 Å². The van der Waals surface area contributed by atoms with Gasteiger partial charge in [-0.3, -0.25) is 0 Å². The molecule has 0 aromatic rings. The zero-order valence-corrected chi connectivity index (χ0v) is 4.77. The summed E-state index contributed by atoms with van der Waals surface area (Å²) < 4.78 is 0. The van der Waals surface area contributed by atoms with Crippen LogP contribution in [-0.4, -0.2) is 17.3 Å². The molecule has 36 valence electrons. The quantitative estimate of drug-likeness (QED) is 0.464. The van der Waals surface area contributed by atoms with E-state index in [0.717, 1.165) is 0 Å². The van der Waals surface area contributed by atoms with E-state index in [0.29, 0.717) is 0 Å². The van der Waals surface area contributed by atoms with Crippen LogP contribution in [0.4, 0.5) is 0 Å². The maximum Gasteiger partial charge on any atom is 0.0852 e. The van der Waals surface area contributed by atoms with Crippen molar-refractivity contribution in [2.45, 2.75) is 0 Å². The molecule has 0 rings (SSSR count). The summed E-state index contributed by atoms with van der Waals surface area (Å²) in [5.41, 5.74) is 0. The molecule has 0 radical (unpaired) electrons. The molecule has 0 aliphatic rings. The maximum absolute atomic E-state index is 9.97. The van der Waals surface area contributed by atoms with Crippen molar-refractivity contribution in [3.8, 4) is 0 Å². The second-order valence-electron chi connectivity index (χ2n) is 0.827. The molecule has 0 atom stereocenters. The van der Waals surface area contributed by atoms with Gasteiger partial charge in [0, 0.05) is 0 Å². The molecule has 0 N–H and O–H groups in total. The van der Waals surface area contributed by atoms with Crippen molar-refractivity contribution in [1.82, 2.24) is 0 Å². The number of hydrogen-bond acceptors (Lipinski definition) is 3. The molecule has 0 bridgehead atoms. The van der Waals surface area contributed by atoms with Gasteiger partial charge in [-0.05, 0) is 0 Å². The Bertz CT molecular complexity index is 46.8. The molecule has 0 saturated heterocycles. The largest absolute Gasteiger partial charge is 0.785 e. The highest BCUT2D eigenvalue weighted by Crippen LogP contribution is 1.64. The summed E-state index contributed by atoms with van der Waals surface area (Å²) in [4.78, 5) is 9.97. The maximum atomic E-state index is 9.97. The van der Waals surface area contributed by atoms with Gasteiger partial charge in [0.15, 0.2) is 0 Å². The first-order valence-corrected chi connectivity index (χ1v) is 2.64. The Morgan fingerprint density at radius 2 is 1.67 bits per heavy atom. The average molecular weight is 120 g/mol. The molecule has 0 aromatic heterocycles. The molecule has 0 spiro atoms. The Balaban J connectivity index is 2.99. The van der Waals surface area contributed by atoms with Gasteiger partial charge in [-0.15, -0.1) is 11.5 Å². The predicted molar refractivity (Wildman–Crippen MR) is 29.5 cm³/mol. The summed E-state index contributed by atoms with van der Waals surface area (Å²) >= 11 is 8.72. The number of carbonyl (C=O) groups excluding carboxylic acids is 1. The second kappa shape index (κ2) is 3.56. The topological polar surface area (TPSA) is 17.1 Å². The van der Waals surface area contributed by atoms with Crippen molar-refractivity contribution < 1.29 is 4.79 Å². The fraction of sp³-hybridized carbons (Fsp3) is 0.667. The van der Waals surface area contributed by atoms with Crippen LogP contribution >= 0.6 is 0 Å². The second-order valence-corrected chi connectivity index (χ2v) is 1.40. The number of carbonyl (C=O) groups is 1. The summed E-state index contributed by atoms with van der Waals surface area (Å²) in [7, 11) is 0. The molecule has 6 heavy (non-hydrogen) atoms. The van der Waals surface area contributed by atoms with E-state index >= 15 is 0 Å². The molecule has 0 heterocycles. The first-order chi connectivity index (χ1) is 2.81. The molecule has 3 heteroatoms. The lowest BCUT2D eigenvalue weighted by atomic mass is 10.5. The van der Waals surface area contributed by atoms with Crippen molar-refractivity contribution in [2.75, 3.05) is 11.5 Å². The SMILES string of the molecule is O=C(C[S-])C[S-]. The molecule has 0 aliphatic heterocycles. The highest BCUT2D eigenvalue weighted by atomic mass is 32.1. The standard InChI is InChI=1S/C3H6OS2/c4-3(1-5)2-6/h5-6H,1-2H2/p-2. The van der Waals surface area contributed by atoms with Crippen LogP contribution in [0.5, 0.6) is 0 Å². The summed E-state index contributed by atoms with van der Waals surface area (Å²) in [6.45, 7) is 0. The van der Waals surface area contributed by atoms with Crippen molar-refractivity contribution in [2.24, 2.45) is 0 Å². The van der Waals surface area contributed by atoms with E-state index in [9.17, 15) is 4.79 Å². The van der Waals surface area contributed by atoms with E-state index in [2.05, 4.69) is 25.3 Å². The van der Waals surface area contributed by atoms with Crippen molar-refractivity contribution >= 4 is 31.0 Å². The Hall–Kier alpha value is 0.370. The average Bonchev–Trinajstić information content (AvgIpc) is 1.65. The molecule has 0 unspecified atom stereocenters. The van der Waals surface area contributed by atoms with E-state index < -0.39 is 0 Å². The highest BCUT2D eigenvalue weighted by molar-refractivity contribution is 7.61. The Morgan fingerprint density at radius 3 is 1.67 bits per heavy atom. The van der Waals surface area contributed by atoms with Gasteiger partial charge in [0.25, 0.3) is 0 Å². The zero-order chi connectivity index (χ0) is 4.99. The lowest BCUT2D eigenvalue weighted by Crippen LogP contribution is -2.03. The van der Waals surface area contributed by atoms with Crippen LogP contribution in [0.2, 0.25) is 0 Å². The summed E-state index contributed by atoms with van der Waals surface area (Å²) in [6, 6.07) is 0. The summed E-state index contributed by atoms with van der Waals surface area (Å²) in [5, 5.41) is 0. The van der Waals surface area contributed by atoms with Gasteiger partial charge in [0.2, 0.25) is 0 Å². The third-order valence-electron chi connectivity index (χ3n) is 0.322. The molecule has 0 amide bonds. The highest BCUT2D eigenvalue weighted by Gasteiger charge is 1.72. The number of rotatable bonds is 2. The minimum atomic E-state index is -0.0278. The number of hydrogen-bond donors (Lipinski definition) is 0. The van der Waals surface area contributed by atoms with Gasteiger partial charge in [0.05, 0.1) is 5.78 Å². The van der Waals surface area contributed by atoms with Gasteiger partial charge >= 0.3 is 0 Å². The zero-order valence-electron chi connectivity index (χ0n) is 3.14. The number of ketones is 1. The van der Waals surface area contributed by atoms with Crippen LogP contribution in [0, 0.1) is 0 Å². The monoisotopic (exact) mass is 120 g/mol. The minimum absolute atomic E-state index is 0.0278. The third-order valence-corrected chi connectivity index (χ3v) is 0.966. The Morgan fingerprint density at radius 1 is 1.33 bits per heavy atom. The number of Topliss-reactive ketones (excluding diaryl/α,β-unsaturated/α-hetero) is 1. The van der Waals surface area contributed by atoms with E-state index in [4.69, 9.17) is 0 Å². The predicted octanol–water partition coefficient (Wildman–Crippen LogP) is -0.351. The van der Waals surface area contributed by atoms with Gasteiger partial charge in [0.1, 0.15) is 0 Å². The van der Waals surface area contributed by atoms with E-state index in [1.807, 2.05) is 0 Å². The van der Waals surface area contributed by atoms with Crippen molar-refractivity contribution in [3.63, 3.8) is 0 Å². The van der Waals surface area contributed by atoms with Crippen LogP contribution in [0.15, 0.2) is 0 Å². The molecule has 0 fully saturated rings. The molecule has 1 nitrogen and oxygen atoms in total. The van der Waals surface area contributed by atoms with Crippen molar-refractivity contribution in [1.29, 1.82) is 0 Å².